The third-order valence-corrected chi connectivity index (χ3v) is 5.88. The Bertz CT molecular complexity index is 790. The standard InChI is InChI=1S/C17H24N2O2.C8H10O2.C2H6/c1-19-10-9-14-7-8-15(13-17(14)19)18-21-12-11-20-16-5-3-2-4-6-16;1-9-7-5-3-4-6-8(7)10-2;1-2/h2-6,14,17H,7-13H2,1H3;3-6H,1-2H3;1-2H3/b18-15+;;/t14?,17-;;/m0../s1. The fraction of sp³-hybridized carbons (Fsp3) is 0.519. The fourth-order valence-corrected chi connectivity index (χ4v) is 4.16. The molecule has 6 heteroatoms. The van der Waals surface area contributed by atoms with Gasteiger partial charge in [0.25, 0.3) is 0 Å². The van der Waals surface area contributed by atoms with Gasteiger partial charge in [-0.05, 0) is 63.0 Å². The SMILES string of the molecule is CC.CN1CCC2CC/C(=N\OCCOc3ccccc3)C[C@@H]21.COc1ccccc1OC. The lowest BCUT2D eigenvalue weighted by atomic mass is 9.84. The number of oxime groups is 1. The summed E-state index contributed by atoms with van der Waals surface area (Å²) in [4.78, 5) is 7.89. The van der Waals surface area contributed by atoms with Crippen LogP contribution >= 0.6 is 0 Å². The number of rotatable bonds is 7. The normalized spacial score (nSPS) is 20.5. The molecule has 2 fully saturated rings. The van der Waals surface area contributed by atoms with E-state index in [-0.39, 0.29) is 0 Å². The molecule has 4 rings (SSSR count). The van der Waals surface area contributed by atoms with Crippen molar-refractivity contribution in [2.45, 2.75) is 45.6 Å². The van der Waals surface area contributed by atoms with Gasteiger partial charge in [-0.25, -0.2) is 0 Å². The van der Waals surface area contributed by atoms with Crippen molar-refractivity contribution in [2.24, 2.45) is 11.1 Å². The van der Waals surface area contributed by atoms with Crippen molar-refractivity contribution in [1.82, 2.24) is 4.90 Å². The highest BCUT2D eigenvalue weighted by Crippen LogP contribution is 2.34. The first-order chi connectivity index (χ1) is 16.2. The maximum atomic E-state index is 5.58. The summed E-state index contributed by atoms with van der Waals surface area (Å²) < 4.78 is 15.6. The molecule has 1 aliphatic heterocycles. The largest absolute Gasteiger partial charge is 0.493 e. The molecule has 0 amide bonds. The molecule has 1 heterocycles. The first-order valence-electron chi connectivity index (χ1n) is 11.9. The van der Waals surface area contributed by atoms with Gasteiger partial charge in [0.05, 0.1) is 19.9 Å². The van der Waals surface area contributed by atoms with Crippen molar-refractivity contribution in [3.63, 3.8) is 0 Å². The number of benzene rings is 2. The lowest BCUT2D eigenvalue weighted by Crippen LogP contribution is -2.35. The van der Waals surface area contributed by atoms with Crippen LogP contribution in [0.5, 0.6) is 17.2 Å². The summed E-state index contributed by atoms with van der Waals surface area (Å²) in [7, 11) is 5.47. The molecule has 0 spiro atoms. The van der Waals surface area contributed by atoms with Crippen LogP contribution in [0.2, 0.25) is 0 Å². The minimum Gasteiger partial charge on any atom is -0.493 e. The van der Waals surface area contributed by atoms with E-state index in [0.29, 0.717) is 19.3 Å². The maximum Gasteiger partial charge on any atom is 0.160 e. The molecule has 1 aliphatic carbocycles. The number of para-hydroxylation sites is 3. The lowest BCUT2D eigenvalue weighted by molar-refractivity contribution is 0.104. The Morgan fingerprint density at radius 3 is 2.15 bits per heavy atom. The van der Waals surface area contributed by atoms with Gasteiger partial charge < -0.3 is 23.9 Å². The average molecular weight is 457 g/mol. The third kappa shape index (κ3) is 8.61. The predicted octanol–water partition coefficient (Wildman–Crippen LogP) is 5.67. The Labute approximate surface area is 199 Å². The number of methoxy groups -OCH3 is 2. The number of nitrogens with zero attached hydrogens (tertiary/aromatic N) is 2. The number of fused-ring (bicyclic) bond motifs is 1. The molecule has 182 valence electrons. The van der Waals surface area contributed by atoms with Crippen molar-refractivity contribution < 1.29 is 19.0 Å². The van der Waals surface area contributed by atoms with Gasteiger partial charge in [-0.1, -0.05) is 49.3 Å². The van der Waals surface area contributed by atoms with Gasteiger partial charge in [-0.2, -0.15) is 0 Å². The van der Waals surface area contributed by atoms with Gasteiger partial charge >= 0.3 is 0 Å². The van der Waals surface area contributed by atoms with Crippen molar-refractivity contribution in [1.29, 1.82) is 0 Å². The van der Waals surface area contributed by atoms with Gasteiger partial charge in [0, 0.05) is 12.5 Å². The van der Waals surface area contributed by atoms with Crippen LogP contribution in [-0.2, 0) is 4.84 Å². The zero-order valence-corrected chi connectivity index (χ0v) is 20.8. The van der Waals surface area contributed by atoms with Gasteiger partial charge in [0.15, 0.2) is 18.1 Å². The van der Waals surface area contributed by atoms with Crippen molar-refractivity contribution in [3.05, 3.63) is 54.6 Å². The Balaban J connectivity index is 0.000000270. The average Bonchev–Trinajstić information content (AvgIpc) is 3.26. The minimum absolute atomic E-state index is 0.502. The monoisotopic (exact) mass is 456 g/mol. The summed E-state index contributed by atoms with van der Waals surface area (Å²) >= 11 is 0. The molecule has 1 unspecified atom stereocenters. The van der Waals surface area contributed by atoms with Crippen LogP contribution in [0, 0.1) is 5.92 Å². The molecule has 0 aromatic heterocycles. The van der Waals surface area contributed by atoms with Crippen molar-refractivity contribution in [2.75, 3.05) is 41.0 Å². The Morgan fingerprint density at radius 2 is 1.52 bits per heavy atom. The van der Waals surface area contributed by atoms with E-state index in [2.05, 4.69) is 17.1 Å². The third-order valence-electron chi connectivity index (χ3n) is 5.88. The zero-order chi connectivity index (χ0) is 23.9. The molecule has 6 nitrogen and oxygen atoms in total. The Hall–Kier alpha value is -2.73. The molecule has 33 heavy (non-hydrogen) atoms. The van der Waals surface area contributed by atoms with E-state index >= 15 is 0 Å². The summed E-state index contributed by atoms with van der Waals surface area (Å²) in [6.07, 6.45) is 4.77. The number of ether oxygens (including phenoxy) is 3. The summed E-state index contributed by atoms with van der Waals surface area (Å²) in [5, 5.41) is 4.32. The summed E-state index contributed by atoms with van der Waals surface area (Å²) in [5.74, 6) is 3.28. The highest BCUT2D eigenvalue weighted by molar-refractivity contribution is 5.85. The molecule has 1 saturated carbocycles. The minimum atomic E-state index is 0.502. The molecule has 0 radical (unpaired) electrons. The highest BCUT2D eigenvalue weighted by atomic mass is 16.6. The molecule has 1 saturated heterocycles. The van der Waals surface area contributed by atoms with Gasteiger partial charge in [-0.3, -0.25) is 0 Å². The first-order valence-corrected chi connectivity index (χ1v) is 11.9. The second-order valence-electron chi connectivity index (χ2n) is 7.85. The Morgan fingerprint density at radius 1 is 0.879 bits per heavy atom. The number of likely N-dealkylation sites (tertiary alicyclic amines) is 1. The van der Waals surface area contributed by atoms with Crippen LogP contribution in [-0.4, -0.2) is 57.7 Å². The molecule has 0 N–H and O–H groups in total. The van der Waals surface area contributed by atoms with E-state index in [1.165, 1.54) is 25.1 Å². The number of hydrogen-bond donors (Lipinski definition) is 0. The smallest absolute Gasteiger partial charge is 0.160 e. The van der Waals surface area contributed by atoms with E-state index in [1.807, 2.05) is 68.4 Å². The topological polar surface area (TPSA) is 52.5 Å². The second-order valence-corrected chi connectivity index (χ2v) is 7.85. The second kappa shape index (κ2) is 15.2. The fourth-order valence-electron chi connectivity index (χ4n) is 4.16. The van der Waals surface area contributed by atoms with Crippen LogP contribution in [0.3, 0.4) is 0 Å². The van der Waals surface area contributed by atoms with Crippen molar-refractivity contribution >= 4 is 5.71 Å². The molecular weight excluding hydrogens is 416 g/mol. The quantitative estimate of drug-likeness (QED) is 0.397. The Kier molecular flexibility index (Phi) is 12.2. The van der Waals surface area contributed by atoms with Crippen molar-refractivity contribution in [3.8, 4) is 17.2 Å². The van der Waals surface area contributed by atoms with Crippen LogP contribution in [0.4, 0.5) is 0 Å². The van der Waals surface area contributed by atoms with E-state index in [9.17, 15) is 0 Å². The van der Waals surface area contributed by atoms with E-state index < -0.39 is 0 Å². The molecular formula is C27H40N2O4. The highest BCUT2D eigenvalue weighted by Gasteiger charge is 2.35. The van der Waals surface area contributed by atoms with E-state index in [4.69, 9.17) is 19.0 Å². The molecule has 2 aliphatic rings. The number of hydrogen-bond acceptors (Lipinski definition) is 6. The van der Waals surface area contributed by atoms with E-state index in [0.717, 1.165) is 36.0 Å². The van der Waals surface area contributed by atoms with Crippen LogP contribution in [0.25, 0.3) is 0 Å². The maximum absolute atomic E-state index is 5.58. The summed E-state index contributed by atoms with van der Waals surface area (Å²) in [6.45, 7) is 6.27. The molecule has 2 atom stereocenters. The zero-order valence-electron chi connectivity index (χ0n) is 20.8. The van der Waals surface area contributed by atoms with Crippen LogP contribution in [0.15, 0.2) is 59.8 Å². The van der Waals surface area contributed by atoms with Crippen LogP contribution < -0.4 is 14.2 Å². The molecule has 2 aromatic carbocycles. The van der Waals surface area contributed by atoms with Crippen LogP contribution in [0.1, 0.15) is 39.5 Å². The lowest BCUT2D eigenvalue weighted by Gasteiger charge is -2.29. The molecule has 2 aromatic rings. The predicted molar refractivity (Wildman–Crippen MR) is 135 cm³/mol. The van der Waals surface area contributed by atoms with Gasteiger partial charge in [0.2, 0.25) is 0 Å². The molecule has 0 bridgehead atoms. The summed E-state index contributed by atoms with van der Waals surface area (Å²) in [6, 6.07) is 18.0. The van der Waals surface area contributed by atoms with E-state index in [1.54, 1.807) is 14.2 Å². The summed E-state index contributed by atoms with van der Waals surface area (Å²) in [5.41, 5.74) is 1.21. The van der Waals surface area contributed by atoms with Gasteiger partial charge in [0.1, 0.15) is 12.4 Å². The van der Waals surface area contributed by atoms with Gasteiger partial charge in [-0.15, -0.1) is 0 Å². The first kappa shape index (κ1) is 26.5.